The number of aromatic nitrogens is 2. The van der Waals surface area contributed by atoms with E-state index in [9.17, 15) is 19.6 Å². The molecule has 0 aliphatic heterocycles. The SMILES string of the molecule is CC(C)(C)OC(=O)c1cnn(C[C@@H](NC(=O)Cc2ccccc2)B(O)O)c1. The number of esters is 1. The number of benzene rings is 1. The zero-order chi connectivity index (χ0) is 20.0. The molecule has 0 fully saturated rings. The largest absolute Gasteiger partial charge is 0.477 e. The maximum atomic E-state index is 12.2. The fourth-order valence-electron chi connectivity index (χ4n) is 2.36. The van der Waals surface area contributed by atoms with Crippen molar-refractivity contribution < 1.29 is 24.4 Å². The monoisotopic (exact) mass is 373 g/mol. The fraction of sp³-hybridized carbons (Fsp3) is 0.389. The third kappa shape index (κ3) is 6.88. The number of carbonyl (C=O) groups is 2. The first kappa shape index (κ1) is 20.7. The average Bonchev–Trinajstić information content (AvgIpc) is 3.02. The Morgan fingerprint density at radius 2 is 1.93 bits per heavy atom. The summed E-state index contributed by atoms with van der Waals surface area (Å²) in [5.41, 5.74) is 0.424. The van der Waals surface area contributed by atoms with Crippen molar-refractivity contribution in [2.24, 2.45) is 0 Å². The Kier molecular flexibility index (Phi) is 6.76. The summed E-state index contributed by atoms with van der Waals surface area (Å²) in [6.45, 7) is 5.27. The second-order valence-corrected chi connectivity index (χ2v) is 7.20. The van der Waals surface area contributed by atoms with E-state index in [1.807, 2.05) is 30.3 Å². The molecule has 3 N–H and O–H groups in total. The molecular weight excluding hydrogens is 349 g/mol. The molecule has 0 bridgehead atoms. The molecule has 27 heavy (non-hydrogen) atoms. The van der Waals surface area contributed by atoms with Gasteiger partial charge in [-0.25, -0.2) is 4.79 Å². The molecule has 0 aliphatic carbocycles. The lowest BCUT2D eigenvalue weighted by atomic mass is 9.79. The van der Waals surface area contributed by atoms with Crippen LogP contribution in [0.4, 0.5) is 0 Å². The first-order chi connectivity index (χ1) is 12.6. The summed E-state index contributed by atoms with van der Waals surface area (Å²) in [7, 11) is -1.78. The van der Waals surface area contributed by atoms with E-state index in [2.05, 4.69) is 10.4 Å². The van der Waals surface area contributed by atoms with E-state index in [1.54, 1.807) is 20.8 Å². The van der Waals surface area contributed by atoms with E-state index in [0.717, 1.165) is 5.56 Å². The predicted molar refractivity (Wildman–Crippen MR) is 99.7 cm³/mol. The van der Waals surface area contributed by atoms with E-state index >= 15 is 0 Å². The fourth-order valence-corrected chi connectivity index (χ4v) is 2.36. The van der Waals surface area contributed by atoms with E-state index in [0.29, 0.717) is 0 Å². The molecule has 2 aromatic rings. The minimum absolute atomic E-state index is 0.0129. The van der Waals surface area contributed by atoms with Gasteiger partial charge in [-0.05, 0) is 26.3 Å². The summed E-state index contributed by atoms with van der Waals surface area (Å²) < 4.78 is 6.61. The number of nitrogens with one attached hydrogen (secondary N) is 1. The van der Waals surface area contributed by atoms with Crippen LogP contribution in [0.5, 0.6) is 0 Å². The number of ether oxygens (including phenoxy) is 1. The highest BCUT2D eigenvalue weighted by Gasteiger charge is 2.27. The average molecular weight is 373 g/mol. The van der Waals surface area contributed by atoms with Gasteiger partial charge in [-0.1, -0.05) is 30.3 Å². The number of hydrogen-bond acceptors (Lipinski definition) is 6. The highest BCUT2D eigenvalue weighted by molar-refractivity contribution is 6.43. The Morgan fingerprint density at radius 1 is 1.26 bits per heavy atom. The van der Waals surface area contributed by atoms with Crippen molar-refractivity contribution in [3.8, 4) is 0 Å². The molecule has 0 radical (unpaired) electrons. The highest BCUT2D eigenvalue weighted by Crippen LogP contribution is 2.11. The van der Waals surface area contributed by atoms with Crippen molar-refractivity contribution in [1.82, 2.24) is 15.1 Å². The second kappa shape index (κ2) is 8.83. The molecule has 1 amide bonds. The lowest BCUT2D eigenvalue weighted by Gasteiger charge is -2.19. The van der Waals surface area contributed by atoms with Crippen LogP contribution in [0.15, 0.2) is 42.7 Å². The van der Waals surface area contributed by atoms with Crippen molar-refractivity contribution in [3.63, 3.8) is 0 Å². The molecule has 0 saturated heterocycles. The van der Waals surface area contributed by atoms with Gasteiger partial charge < -0.3 is 20.1 Å². The molecule has 0 unspecified atom stereocenters. The molecule has 0 aliphatic rings. The minimum atomic E-state index is -1.78. The third-order valence-electron chi connectivity index (χ3n) is 3.57. The molecule has 0 spiro atoms. The zero-order valence-corrected chi connectivity index (χ0v) is 15.6. The lowest BCUT2D eigenvalue weighted by molar-refractivity contribution is -0.120. The van der Waals surface area contributed by atoms with Crippen LogP contribution in [0, 0.1) is 0 Å². The Balaban J connectivity index is 1.98. The van der Waals surface area contributed by atoms with Crippen LogP contribution in [0.3, 0.4) is 0 Å². The molecule has 0 saturated carbocycles. The van der Waals surface area contributed by atoms with Crippen molar-refractivity contribution in [2.45, 2.75) is 45.3 Å². The predicted octanol–water partition coefficient (Wildman–Crippen LogP) is 0.578. The smallest absolute Gasteiger partial charge is 0.456 e. The van der Waals surface area contributed by atoms with Gasteiger partial charge in [0.25, 0.3) is 0 Å². The number of rotatable bonds is 7. The molecule has 1 atom stereocenters. The first-order valence-electron chi connectivity index (χ1n) is 8.59. The normalized spacial score (nSPS) is 12.3. The Morgan fingerprint density at radius 3 is 2.52 bits per heavy atom. The van der Waals surface area contributed by atoms with Gasteiger partial charge in [0.1, 0.15) is 5.60 Å². The Labute approximate surface area is 158 Å². The summed E-state index contributed by atoms with van der Waals surface area (Å²) in [6.07, 6.45) is 2.89. The van der Waals surface area contributed by atoms with Crippen LogP contribution in [-0.2, 0) is 22.5 Å². The van der Waals surface area contributed by atoms with Crippen LogP contribution in [-0.4, -0.2) is 50.4 Å². The maximum absolute atomic E-state index is 12.2. The molecule has 9 heteroatoms. The van der Waals surface area contributed by atoms with Crippen LogP contribution in [0.2, 0.25) is 0 Å². The van der Waals surface area contributed by atoms with E-state index < -0.39 is 24.6 Å². The second-order valence-electron chi connectivity index (χ2n) is 7.20. The minimum Gasteiger partial charge on any atom is -0.456 e. The molecular formula is C18H24BN3O5. The number of hydrogen-bond donors (Lipinski definition) is 3. The standard InChI is InChI=1S/C18H24BN3O5/c1-18(2,3)27-17(24)14-10-20-22(11-14)12-15(19(25)26)21-16(23)9-13-7-5-4-6-8-13/h4-8,10-11,15,25-26H,9,12H2,1-3H3,(H,21,23)/t15-/m1/s1. The zero-order valence-electron chi connectivity index (χ0n) is 15.6. The summed E-state index contributed by atoms with van der Waals surface area (Å²) in [5, 5.41) is 25.7. The topological polar surface area (TPSA) is 114 Å². The van der Waals surface area contributed by atoms with E-state index in [-0.39, 0.29) is 24.4 Å². The van der Waals surface area contributed by atoms with Crippen LogP contribution in [0.25, 0.3) is 0 Å². The van der Waals surface area contributed by atoms with Crippen molar-refractivity contribution in [1.29, 1.82) is 0 Å². The van der Waals surface area contributed by atoms with Gasteiger partial charge in [-0.15, -0.1) is 0 Å². The maximum Gasteiger partial charge on any atom is 0.477 e. The van der Waals surface area contributed by atoms with Gasteiger partial charge in [0.15, 0.2) is 0 Å². The van der Waals surface area contributed by atoms with Gasteiger partial charge in [-0.2, -0.15) is 5.10 Å². The van der Waals surface area contributed by atoms with E-state index in [1.165, 1.54) is 17.1 Å². The van der Waals surface area contributed by atoms with Crippen molar-refractivity contribution in [2.75, 3.05) is 0 Å². The lowest BCUT2D eigenvalue weighted by Crippen LogP contribution is -2.49. The molecule has 1 aromatic carbocycles. The first-order valence-corrected chi connectivity index (χ1v) is 8.59. The van der Waals surface area contributed by atoms with Gasteiger partial charge >= 0.3 is 13.1 Å². The van der Waals surface area contributed by atoms with E-state index in [4.69, 9.17) is 4.74 Å². The molecule has 2 rings (SSSR count). The van der Waals surface area contributed by atoms with Crippen LogP contribution in [0.1, 0.15) is 36.7 Å². The van der Waals surface area contributed by atoms with Gasteiger partial charge in [0.05, 0.1) is 30.7 Å². The number of amides is 1. The van der Waals surface area contributed by atoms with Crippen LogP contribution >= 0.6 is 0 Å². The Hall–Kier alpha value is -2.65. The van der Waals surface area contributed by atoms with Crippen molar-refractivity contribution in [3.05, 3.63) is 53.9 Å². The molecule has 1 heterocycles. The van der Waals surface area contributed by atoms with Crippen LogP contribution < -0.4 is 5.32 Å². The quantitative estimate of drug-likeness (QED) is 0.483. The third-order valence-corrected chi connectivity index (χ3v) is 3.57. The molecule has 144 valence electrons. The summed E-state index contributed by atoms with van der Waals surface area (Å²) in [6, 6.07) is 9.11. The summed E-state index contributed by atoms with van der Waals surface area (Å²) in [5.74, 6) is -1.85. The Bertz CT molecular complexity index is 771. The highest BCUT2D eigenvalue weighted by atomic mass is 16.6. The van der Waals surface area contributed by atoms with Crippen molar-refractivity contribution >= 4 is 19.0 Å². The summed E-state index contributed by atoms with van der Waals surface area (Å²) in [4.78, 5) is 24.2. The number of carbonyl (C=O) groups excluding carboxylic acids is 2. The summed E-state index contributed by atoms with van der Waals surface area (Å²) >= 11 is 0. The number of nitrogens with zero attached hydrogens (tertiary/aromatic N) is 2. The van der Waals surface area contributed by atoms with Gasteiger partial charge in [0, 0.05) is 6.20 Å². The molecule has 8 nitrogen and oxygen atoms in total. The molecule has 1 aromatic heterocycles. The van der Waals surface area contributed by atoms with Gasteiger partial charge in [0.2, 0.25) is 5.91 Å². The van der Waals surface area contributed by atoms with Gasteiger partial charge in [-0.3, -0.25) is 9.48 Å².